The second-order valence-electron chi connectivity index (χ2n) is 15.7. The van der Waals surface area contributed by atoms with E-state index in [0.717, 1.165) is 70.6 Å². The van der Waals surface area contributed by atoms with Crippen LogP contribution in [0.2, 0.25) is 0 Å². The molecule has 1 saturated heterocycles. The van der Waals surface area contributed by atoms with Gasteiger partial charge in [0.1, 0.15) is 19.8 Å². The lowest BCUT2D eigenvalue weighted by atomic mass is 10.1. The summed E-state index contributed by atoms with van der Waals surface area (Å²) in [4.78, 5) is 37.5. The molecular formula is C42H78NO9P. The number of esters is 2. The number of likely N-dealkylation sites (N-methyl/N-ethyl adjacent to an activating group) is 1. The van der Waals surface area contributed by atoms with E-state index in [9.17, 15) is 19.0 Å². The van der Waals surface area contributed by atoms with Gasteiger partial charge in [-0.25, -0.2) is 0 Å². The largest absolute Gasteiger partial charge is 0.756 e. The maximum atomic E-state index is 12.7. The molecule has 0 bridgehead atoms. The predicted octanol–water partition coefficient (Wildman–Crippen LogP) is 9.93. The predicted molar refractivity (Wildman–Crippen MR) is 212 cm³/mol. The van der Waals surface area contributed by atoms with Gasteiger partial charge in [0.2, 0.25) is 0 Å². The van der Waals surface area contributed by atoms with Crippen molar-refractivity contribution in [3.63, 3.8) is 0 Å². The van der Waals surface area contributed by atoms with Crippen molar-refractivity contribution >= 4 is 19.8 Å². The fourth-order valence-corrected chi connectivity index (χ4v) is 6.62. The highest BCUT2D eigenvalue weighted by molar-refractivity contribution is 7.45. The number of epoxide rings is 1. The van der Waals surface area contributed by atoms with E-state index in [-0.39, 0.29) is 26.1 Å². The number of allylic oxidation sites excluding steroid dienone is 3. The molecule has 0 N–H and O–H groups in total. The summed E-state index contributed by atoms with van der Waals surface area (Å²) in [5.41, 5.74) is 0. The first-order valence-corrected chi connectivity index (χ1v) is 22.6. The molecule has 1 fully saturated rings. The Hall–Kier alpha value is -1.55. The Bertz CT molecular complexity index is 1030. The average molecular weight is 772 g/mol. The molecule has 0 aliphatic carbocycles. The van der Waals surface area contributed by atoms with E-state index in [4.69, 9.17) is 23.3 Å². The van der Waals surface area contributed by atoms with Crippen LogP contribution in [0.4, 0.5) is 0 Å². The van der Waals surface area contributed by atoms with Crippen LogP contribution in [-0.4, -0.2) is 82.2 Å². The van der Waals surface area contributed by atoms with Crippen molar-refractivity contribution in [2.45, 2.75) is 186 Å². The molecule has 3 unspecified atom stereocenters. The zero-order chi connectivity index (χ0) is 39.0. The van der Waals surface area contributed by atoms with Gasteiger partial charge in [0.25, 0.3) is 7.82 Å². The molecule has 0 aromatic carbocycles. The van der Waals surface area contributed by atoms with Gasteiger partial charge in [-0.15, -0.1) is 0 Å². The lowest BCUT2D eigenvalue weighted by Crippen LogP contribution is -2.37. The van der Waals surface area contributed by atoms with Crippen LogP contribution in [0.25, 0.3) is 0 Å². The number of nitrogens with zero attached hydrogens (tertiary/aromatic N) is 1. The summed E-state index contributed by atoms with van der Waals surface area (Å²) < 4.78 is 39.6. The highest BCUT2D eigenvalue weighted by Crippen LogP contribution is 2.38. The number of carbonyl (C=O) groups excluding carboxylic acids is 2. The zero-order valence-electron chi connectivity index (χ0n) is 34.4. The minimum Gasteiger partial charge on any atom is -0.756 e. The molecule has 0 radical (unpaired) electrons. The van der Waals surface area contributed by atoms with Gasteiger partial charge in [0.15, 0.2) is 6.10 Å². The maximum Gasteiger partial charge on any atom is 0.306 e. The van der Waals surface area contributed by atoms with Crippen LogP contribution in [-0.2, 0) is 37.4 Å². The number of phosphoric ester groups is 1. The molecule has 4 atom stereocenters. The Balaban J connectivity index is 2.30. The van der Waals surface area contributed by atoms with Crippen molar-refractivity contribution in [3.05, 3.63) is 24.3 Å². The first-order chi connectivity index (χ1) is 25.5. The zero-order valence-corrected chi connectivity index (χ0v) is 35.3. The van der Waals surface area contributed by atoms with Crippen molar-refractivity contribution in [2.75, 3.05) is 47.5 Å². The summed E-state index contributed by atoms with van der Waals surface area (Å²) in [7, 11) is 1.14. The molecule has 1 rings (SSSR count). The molecule has 0 amide bonds. The Morgan fingerprint density at radius 2 is 1.21 bits per heavy atom. The topological polar surface area (TPSA) is 124 Å². The van der Waals surface area contributed by atoms with Crippen molar-refractivity contribution in [1.82, 2.24) is 0 Å². The lowest BCUT2D eigenvalue weighted by molar-refractivity contribution is -0.870. The molecule has 11 heteroatoms. The Kier molecular flexibility index (Phi) is 29.5. The van der Waals surface area contributed by atoms with Crippen LogP contribution >= 0.6 is 7.82 Å². The third kappa shape index (κ3) is 32.4. The molecule has 310 valence electrons. The van der Waals surface area contributed by atoms with Crippen LogP contribution in [0.15, 0.2) is 24.3 Å². The number of rotatable bonds is 37. The minimum atomic E-state index is -4.63. The van der Waals surface area contributed by atoms with Gasteiger partial charge in [-0.3, -0.25) is 14.2 Å². The number of hydrogen-bond acceptors (Lipinski definition) is 9. The first-order valence-electron chi connectivity index (χ1n) is 21.2. The SMILES string of the molecule is CCCCCC/C=C\CCCCCCCC(=O)OC[C@H](COP(=O)([O-])OCC[N+](C)(C)C)OC(=O)CCCCCCC/C=C\CC1OC1CCCCC. The molecule has 0 aromatic heterocycles. The van der Waals surface area contributed by atoms with Gasteiger partial charge in [0, 0.05) is 12.8 Å². The van der Waals surface area contributed by atoms with Gasteiger partial charge >= 0.3 is 11.9 Å². The minimum absolute atomic E-state index is 0.0368. The standard InChI is InChI=1S/C42H78NO9P/c1-6-8-10-11-12-13-14-15-16-17-21-24-28-32-41(44)48-36-38(37-50-53(46,47)49-35-34-43(3,4)5)51-42(45)33-29-25-22-19-18-20-23-27-31-40-39(52-40)30-26-9-7-2/h13-14,23,27,38-40H,6-12,15-22,24-26,28-37H2,1-5H3/b14-13-,27-23-/t38-,39?,40?/m1/s1. The molecule has 10 nitrogen and oxygen atoms in total. The van der Waals surface area contributed by atoms with E-state index < -0.39 is 32.5 Å². The second-order valence-corrected chi connectivity index (χ2v) is 17.1. The van der Waals surface area contributed by atoms with Gasteiger partial charge in [-0.2, -0.15) is 0 Å². The number of unbranched alkanes of at least 4 members (excludes halogenated alkanes) is 16. The monoisotopic (exact) mass is 772 g/mol. The van der Waals surface area contributed by atoms with E-state index in [0.29, 0.717) is 36.1 Å². The molecule has 53 heavy (non-hydrogen) atoms. The van der Waals surface area contributed by atoms with Crippen molar-refractivity contribution < 1.29 is 46.8 Å². The summed E-state index contributed by atoms with van der Waals surface area (Å²) in [5.74, 6) is -0.866. The maximum absolute atomic E-state index is 12.7. The summed E-state index contributed by atoms with van der Waals surface area (Å²) in [6.45, 7) is 4.14. The van der Waals surface area contributed by atoms with Gasteiger partial charge in [-0.1, -0.05) is 115 Å². The van der Waals surface area contributed by atoms with Crippen LogP contribution in [0.1, 0.15) is 168 Å². The van der Waals surface area contributed by atoms with E-state index in [1.807, 2.05) is 21.1 Å². The highest BCUT2D eigenvalue weighted by Gasteiger charge is 2.36. The Labute approximate surface area is 324 Å². The normalized spacial score (nSPS) is 17.7. The second kappa shape index (κ2) is 31.6. The molecule has 1 heterocycles. The number of carbonyl (C=O) groups is 2. The van der Waals surface area contributed by atoms with E-state index in [1.54, 1.807) is 0 Å². The van der Waals surface area contributed by atoms with Crippen LogP contribution in [0.3, 0.4) is 0 Å². The molecule has 0 saturated carbocycles. The van der Waals surface area contributed by atoms with Gasteiger partial charge < -0.3 is 32.6 Å². The average Bonchev–Trinajstić information content (AvgIpc) is 3.86. The number of quaternary nitrogens is 1. The lowest BCUT2D eigenvalue weighted by Gasteiger charge is -2.28. The summed E-state index contributed by atoms with van der Waals surface area (Å²) >= 11 is 0. The van der Waals surface area contributed by atoms with E-state index >= 15 is 0 Å². The quantitative estimate of drug-likeness (QED) is 0.0152. The molecular weight excluding hydrogens is 693 g/mol. The molecule has 1 aliphatic heterocycles. The number of hydrogen-bond donors (Lipinski definition) is 0. The fraction of sp³-hybridized carbons (Fsp3) is 0.857. The molecule has 1 aliphatic rings. The fourth-order valence-electron chi connectivity index (χ4n) is 5.89. The molecule has 0 spiro atoms. The van der Waals surface area contributed by atoms with Crippen LogP contribution in [0.5, 0.6) is 0 Å². The van der Waals surface area contributed by atoms with Crippen molar-refractivity contribution in [2.24, 2.45) is 0 Å². The van der Waals surface area contributed by atoms with Crippen LogP contribution < -0.4 is 4.89 Å². The van der Waals surface area contributed by atoms with Crippen molar-refractivity contribution in [3.8, 4) is 0 Å². The first kappa shape index (κ1) is 49.5. The van der Waals surface area contributed by atoms with Crippen molar-refractivity contribution in [1.29, 1.82) is 0 Å². The van der Waals surface area contributed by atoms with Gasteiger partial charge in [0.05, 0.1) is 40.0 Å². The van der Waals surface area contributed by atoms with Gasteiger partial charge in [-0.05, 0) is 64.2 Å². The number of ether oxygens (including phenoxy) is 3. The van der Waals surface area contributed by atoms with E-state index in [2.05, 4.69) is 38.2 Å². The smallest absolute Gasteiger partial charge is 0.306 e. The van der Waals surface area contributed by atoms with E-state index in [1.165, 1.54) is 57.8 Å². The summed E-state index contributed by atoms with van der Waals surface area (Å²) in [6, 6.07) is 0. The number of phosphoric acid groups is 1. The Morgan fingerprint density at radius 3 is 1.81 bits per heavy atom. The third-order valence-corrected chi connectivity index (χ3v) is 10.3. The summed E-state index contributed by atoms with van der Waals surface area (Å²) in [6.07, 6.45) is 33.7. The highest BCUT2D eigenvalue weighted by atomic mass is 31.2. The molecule has 0 aromatic rings. The van der Waals surface area contributed by atoms with Crippen LogP contribution in [0, 0.1) is 0 Å². The Morgan fingerprint density at radius 1 is 0.679 bits per heavy atom. The third-order valence-electron chi connectivity index (χ3n) is 9.37. The summed E-state index contributed by atoms with van der Waals surface area (Å²) in [5, 5.41) is 0.